The van der Waals surface area contributed by atoms with Crippen molar-refractivity contribution in [3.8, 4) is 0 Å². The third-order valence-corrected chi connectivity index (χ3v) is 3.14. The number of nitrogens with zero attached hydrogens (tertiary/aromatic N) is 2. The lowest BCUT2D eigenvalue weighted by Crippen LogP contribution is -2.24. The van der Waals surface area contributed by atoms with Gasteiger partial charge in [-0.1, -0.05) is 0 Å². The van der Waals surface area contributed by atoms with E-state index >= 15 is 0 Å². The van der Waals surface area contributed by atoms with E-state index in [1.54, 1.807) is 25.6 Å². The Kier molecular flexibility index (Phi) is 4.30. The first-order valence-electron chi connectivity index (χ1n) is 6.44. The monoisotopic (exact) mass is 270 g/mol. The SMILES string of the molecule is CNc1cc(C)ncc1C(=O)NCc1cnccc1C. The molecule has 0 aliphatic heterocycles. The van der Waals surface area contributed by atoms with Crippen LogP contribution < -0.4 is 10.6 Å². The van der Waals surface area contributed by atoms with E-state index in [9.17, 15) is 4.79 Å². The number of hydrogen-bond donors (Lipinski definition) is 2. The molecule has 0 radical (unpaired) electrons. The number of amides is 1. The number of carbonyl (C=O) groups is 1. The van der Waals surface area contributed by atoms with Gasteiger partial charge in [-0.15, -0.1) is 0 Å². The average molecular weight is 270 g/mol. The molecule has 1 amide bonds. The molecule has 0 atom stereocenters. The van der Waals surface area contributed by atoms with Crippen LogP contribution in [0.25, 0.3) is 0 Å². The zero-order valence-corrected chi connectivity index (χ0v) is 11.9. The topological polar surface area (TPSA) is 66.9 Å². The Bertz CT molecular complexity index is 625. The smallest absolute Gasteiger partial charge is 0.255 e. The summed E-state index contributed by atoms with van der Waals surface area (Å²) in [5.41, 5.74) is 4.30. The lowest BCUT2D eigenvalue weighted by Gasteiger charge is -2.11. The van der Waals surface area contributed by atoms with Gasteiger partial charge in [0.1, 0.15) is 0 Å². The van der Waals surface area contributed by atoms with Crippen LogP contribution in [-0.4, -0.2) is 22.9 Å². The van der Waals surface area contributed by atoms with Gasteiger partial charge in [0.2, 0.25) is 0 Å². The average Bonchev–Trinajstić information content (AvgIpc) is 2.46. The predicted octanol–water partition coefficient (Wildman–Crippen LogP) is 2.07. The van der Waals surface area contributed by atoms with Crippen LogP contribution in [0.15, 0.2) is 30.7 Å². The number of nitrogens with one attached hydrogen (secondary N) is 2. The second kappa shape index (κ2) is 6.14. The Morgan fingerprint density at radius 2 is 2.10 bits per heavy atom. The molecule has 2 heterocycles. The zero-order chi connectivity index (χ0) is 14.5. The molecule has 5 nitrogen and oxygen atoms in total. The van der Waals surface area contributed by atoms with Crippen LogP contribution in [0.4, 0.5) is 5.69 Å². The van der Waals surface area contributed by atoms with E-state index in [1.165, 1.54) is 0 Å². The van der Waals surface area contributed by atoms with Crippen molar-refractivity contribution in [1.29, 1.82) is 0 Å². The van der Waals surface area contributed by atoms with E-state index in [0.29, 0.717) is 12.1 Å². The Labute approximate surface area is 118 Å². The zero-order valence-electron chi connectivity index (χ0n) is 11.9. The van der Waals surface area contributed by atoms with Crippen molar-refractivity contribution in [3.05, 3.63) is 53.1 Å². The van der Waals surface area contributed by atoms with Gasteiger partial charge in [0.25, 0.3) is 5.91 Å². The summed E-state index contributed by atoms with van der Waals surface area (Å²) >= 11 is 0. The molecule has 0 saturated carbocycles. The fourth-order valence-corrected chi connectivity index (χ4v) is 1.90. The van der Waals surface area contributed by atoms with Crippen LogP contribution in [0.1, 0.15) is 27.2 Å². The molecule has 0 aliphatic carbocycles. The number of pyridine rings is 2. The van der Waals surface area contributed by atoms with Crippen LogP contribution in [0.5, 0.6) is 0 Å². The van der Waals surface area contributed by atoms with Crippen molar-refractivity contribution in [3.63, 3.8) is 0 Å². The van der Waals surface area contributed by atoms with Gasteiger partial charge in [-0.3, -0.25) is 14.8 Å². The van der Waals surface area contributed by atoms with Crippen molar-refractivity contribution in [2.45, 2.75) is 20.4 Å². The summed E-state index contributed by atoms with van der Waals surface area (Å²) < 4.78 is 0. The molecule has 20 heavy (non-hydrogen) atoms. The van der Waals surface area contributed by atoms with Gasteiger partial charge in [0.05, 0.1) is 11.3 Å². The van der Waals surface area contributed by atoms with E-state index in [0.717, 1.165) is 22.5 Å². The third kappa shape index (κ3) is 3.12. The highest BCUT2D eigenvalue weighted by Gasteiger charge is 2.11. The lowest BCUT2D eigenvalue weighted by atomic mass is 10.1. The van der Waals surface area contributed by atoms with Crippen LogP contribution in [0.3, 0.4) is 0 Å². The number of aryl methyl sites for hydroxylation is 2. The van der Waals surface area contributed by atoms with E-state index < -0.39 is 0 Å². The maximum absolute atomic E-state index is 12.2. The summed E-state index contributed by atoms with van der Waals surface area (Å²) in [5.74, 6) is -0.148. The van der Waals surface area contributed by atoms with Gasteiger partial charge < -0.3 is 10.6 Å². The molecule has 2 rings (SSSR count). The number of hydrogen-bond acceptors (Lipinski definition) is 4. The Hall–Kier alpha value is -2.43. The Morgan fingerprint density at radius 3 is 2.80 bits per heavy atom. The van der Waals surface area contributed by atoms with Gasteiger partial charge >= 0.3 is 0 Å². The second-order valence-corrected chi connectivity index (χ2v) is 4.61. The summed E-state index contributed by atoms with van der Waals surface area (Å²) in [5, 5.41) is 5.91. The molecule has 0 bridgehead atoms. The molecule has 0 unspecified atom stereocenters. The fourth-order valence-electron chi connectivity index (χ4n) is 1.90. The summed E-state index contributed by atoms with van der Waals surface area (Å²) in [7, 11) is 1.79. The van der Waals surface area contributed by atoms with Crippen LogP contribution in [0.2, 0.25) is 0 Å². The molecule has 0 spiro atoms. The largest absolute Gasteiger partial charge is 0.387 e. The molecule has 0 fully saturated rings. The number of carbonyl (C=O) groups excluding carboxylic acids is 1. The fraction of sp³-hybridized carbons (Fsp3) is 0.267. The van der Waals surface area contributed by atoms with Gasteiger partial charge in [0, 0.05) is 37.9 Å². The molecule has 0 saturated heterocycles. The predicted molar refractivity (Wildman–Crippen MR) is 78.7 cm³/mol. The molecular formula is C15H18N4O. The van der Waals surface area contributed by atoms with Gasteiger partial charge in [-0.25, -0.2) is 0 Å². The molecule has 2 N–H and O–H groups in total. The first-order valence-corrected chi connectivity index (χ1v) is 6.44. The minimum absolute atomic E-state index is 0.148. The van der Waals surface area contributed by atoms with Crippen molar-refractivity contribution in [2.75, 3.05) is 12.4 Å². The van der Waals surface area contributed by atoms with E-state index in [4.69, 9.17) is 0 Å². The van der Waals surface area contributed by atoms with E-state index in [1.807, 2.05) is 26.0 Å². The highest BCUT2D eigenvalue weighted by Crippen LogP contribution is 2.15. The minimum atomic E-state index is -0.148. The first kappa shape index (κ1) is 14.0. The van der Waals surface area contributed by atoms with Crippen molar-refractivity contribution in [2.24, 2.45) is 0 Å². The van der Waals surface area contributed by atoms with Gasteiger partial charge in [-0.2, -0.15) is 0 Å². The molecule has 5 heteroatoms. The normalized spacial score (nSPS) is 10.2. The second-order valence-electron chi connectivity index (χ2n) is 4.61. The maximum atomic E-state index is 12.2. The van der Waals surface area contributed by atoms with Gasteiger partial charge in [-0.05, 0) is 37.1 Å². The highest BCUT2D eigenvalue weighted by atomic mass is 16.1. The van der Waals surface area contributed by atoms with Crippen LogP contribution in [0, 0.1) is 13.8 Å². The van der Waals surface area contributed by atoms with E-state index in [-0.39, 0.29) is 5.91 Å². The first-order chi connectivity index (χ1) is 9.61. The van der Waals surface area contributed by atoms with Gasteiger partial charge in [0.15, 0.2) is 0 Å². The van der Waals surface area contributed by atoms with E-state index in [2.05, 4.69) is 20.6 Å². The molecule has 2 aromatic rings. The maximum Gasteiger partial charge on any atom is 0.255 e. The summed E-state index contributed by atoms with van der Waals surface area (Å²) in [4.78, 5) is 20.4. The highest BCUT2D eigenvalue weighted by molar-refractivity contribution is 5.99. The molecule has 104 valence electrons. The molecule has 0 aromatic carbocycles. The lowest BCUT2D eigenvalue weighted by molar-refractivity contribution is 0.0951. The summed E-state index contributed by atoms with van der Waals surface area (Å²) in [6.07, 6.45) is 5.10. The molecular weight excluding hydrogens is 252 g/mol. The van der Waals surface area contributed by atoms with Crippen molar-refractivity contribution < 1.29 is 4.79 Å². The number of anilines is 1. The van der Waals surface area contributed by atoms with Crippen LogP contribution >= 0.6 is 0 Å². The quantitative estimate of drug-likeness (QED) is 0.892. The minimum Gasteiger partial charge on any atom is -0.387 e. The summed E-state index contributed by atoms with van der Waals surface area (Å²) in [6, 6.07) is 3.78. The molecule has 0 aliphatic rings. The standard InChI is InChI=1S/C15H18N4O/c1-10-4-5-17-7-12(10)8-19-15(20)13-9-18-11(2)6-14(13)16-3/h4-7,9H,8H2,1-3H3,(H,16,18)(H,19,20). The Balaban J connectivity index is 2.11. The number of rotatable bonds is 4. The number of aromatic nitrogens is 2. The van der Waals surface area contributed by atoms with Crippen molar-refractivity contribution >= 4 is 11.6 Å². The van der Waals surface area contributed by atoms with Crippen molar-refractivity contribution in [1.82, 2.24) is 15.3 Å². The Morgan fingerprint density at radius 1 is 1.30 bits per heavy atom. The third-order valence-electron chi connectivity index (χ3n) is 3.14. The molecule has 2 aromatic heterocycles. The summed E-state index contributed by atoms with van der Waals surface area (Å²) in [6.45, 7) is 4.34. The van der Waals surface area contributed by atoms with Crippen LogP contribution in [-0.2, 0) is 6.54 Å².